The van der Waals surface area contributed by atoms with Crippen molar-refractivity contribution < 1.29 is 74.9 Å². The topological polar surface area (TPSA) is 348 Å². The van der Waals surface area contributed by atoms with E-state index < -0.39 is 48.3 Å². The number of carbonyl (C=O) groups excluding carboxylic acids is 6. The van der Waals surface area contributed by atoms with Gasteiger partial charge in [-0.15, -0.1) is 10.2 Å². The molecule has 0 aliphatic carbocycles. The molecule has 7 rings (SSSR count). The number of aromatic amines is 1. The van der Waals surface area contributed by atoms with E-state index in [9.17, 15) is 55.1 Å². The predicted molar refractivity (Wildman–Crippen MR) is 308 cm³/mol. The Labute approximate surface area is 516 Å². The molecule has 5 aromatic rings. The standard InChI is InChI=1S/C51H70N16O6S2.2C2HF3O2/c1-5-34(2)45(69)54-40(48(72)64-29-17-19-36(64)32-66-50(58-60-62-66)74-38-21-9-6-10-22-38)26-15-16-28-53-47(71)43-31-42(56-57-43)44(68)27-14-8-13-25-41(55-46(70)35(3)52-4)49(73)65-30-18-20-37(65)33-67-51(59-61-63-67)75-39-23-11-7-12-24-39;2*3-2(4,5)1(6)7/h6-7,9-12,21-24,31,34-37,40-41,52H,5,8,13-20,25-30,32-33H2,1-4H3,(H,53,71)(H,54,69)(H,55,70)(H,56,57);2*(H,6,7)/t34-,35+,36+,37+,40+,41+;;/m1../s1. The van der Waals surface area contributed by atoms with Gasteiger partial charge in [0.25, 0.3) is 5.91 Å². The first kappa shape index (κ1) is 71.7. The van der Waals surface area contributed by atoms with E-state index in [-0.39, 0.29) is 65.2 Å². The van der Waals surface area contributed by atoms with Crippen LogP contribution in [0.3, 0.4) is 0 Å². The molecule has 2 aromatic carbocycles. The van der Waals surface area contributed by atoms with Crippen LogP contribution < -0.4 is 21.3 Å². The van der Waals surface area contributed by atoms with Gasteiger partial charge in [0.05, 0.1) is 31.2 Å². The van der Waals surface area contributed by atoms with Crippen LogP contribution in [0.15, 0.2) is 86.8 Å². The molecule has 5 heterocycles. The summed E-state index contributed by atoms with van der Waals surface area (Å²) in [6.45, 7) is 7.80. The zero-order valence-electron chi connectivity index (χ0n) is 49.2. The van der Waals surface area contributed by atoms with Crippen molar-refractivity contribution in [2.45, 2.75) is 180 Å². The largest absolute Gasteiger partial charge is 0.490 e. The summed E-state index contributed by atoms with van der Waals surface area (Å²) in [4.78, 5) is 104. The second-order valence-corrected chi connectivity index (χ2v) is 22.8. The number of alkyl halides is 6. The van der Waals surface area contributed by atoms with E-state index in [2.05, 4.69) is 62.5 Å². The number of aromatic nitrogens is 10. The molecule has 0 bridgehead atoms. The Kier molecular flexibility index (Phi) is 28.4. The normalized spacial score (nSPS) is 16.2. The Bertz CT molecular complexity index is 2900. The molecule has 0 radical (unpaired) electrons. The third kappa shape index (κ3) is 23.1. The minimum atomic E-state index is -5.08. The molecule has 6 atom stereocenters. The highest BCUT2D eigenvalue weighted by Gasteiger charge is 2.40. The fourth-order valence-corrected chi connectivity index (χ4v) is 10.7. The van der Waals surface area contributed by atoms with Gasteiger partial charge in [-0.05, 0) is 153 Å². The number of aliphatic carboxylic acids is 2. The van der Waals surface area contributed by atoms with Crippen molar-refractivity contribution in [3.63, 3.8) is 0 Å². The summed E-state index contributed by atoms with van der Waals surface area (Å²) < 4.78 is 66.9. The molecule has 7 N–H and O–H groups in total. The number of carboxylic acid groups (broad SMARTS) is 2. The first-order valence-electron chi connectivity index (χ1n) is 28.6. The smallest absolute Gasteiger partial charge is 0.475 e. The molecule has 486 valence electrons. The van der Waals surface area contributed by atoms with Crippen molar-refractivity contribution >= 4 is 70.8 Å². The number of carbonyl (C=O) groups is 8. The van der Waals surface area contributed by atoms with E-state index in [0.717, 1.165) is 35.5 Å². The minimum absolute atomic E-state index is 0.140. The number of amides is 5. The number of hydrogen-bond acceptors (Lipinski definition) is 18. The lowest BCUT2D eigenvalue weighted by molar-refractivity contribution is -0.193. The average Bonchev–Trinajstić information content (AvgIpc) is 3.31. The van der Waals surface area contributed by atoms with Crippen LogP contribution in [0, 0.1) is 5.92 Å². The SMILES string of the molecule is CC[C@@H](C)C(=O)N[C@@H](CCCCNC(=O)c1cc(C(=O)CCCCC[C@H](NC(=O)[C@H](C)NC)C(=O)N2CCC[C@H]2Cn2nnnc2Sc2ccccc2)n[nH]1)C(=O)N1CCC[C@H]1Cn1nnnc1Sc1ccccc1.O=C(O)C(F)(F)F.O=C(O)C(F)(F)F. The number of H-pyrrole nitrogens is 1. The maximum atomic E-state index is 14.2. The second-order valence-electron chi connectivity index (χ2n) is 20.8. The van der Waals surface area contributed by atoms with Gasteiger partial charge in [0, 0.05) is 41.8 Å². The number of rotatable bonds is 29. The van der Waals surface area contributed by atoms with Crippen LogP contribution in [0.4, 0.5) is 26.3 Å². The van der Waals surface area contributed by atoms with Crippen LogP contribution >= 0.6 is 23.5 Å². The number of benzene rings is 2. The lowest BCUT2D eigenvalue weighted by atomic mass is 10.0. The number of hydrogen-bond donors (Lipinski definition) is 7. The number of nitrogens with one attached hydrogen (secondary N) is 5. The van der Waals surface area contributed by atoms with Gasteiger partial charge in [0.15, 0.2) is 5.78 Å². The summed E-state index contributed by atoms with van der Waals surface area (Å²) in [5.41, 5.74) is 0.305. The molecule has 2 aliphatic heterocycles. The van der Waals surface area contributed by atoms with Crippen LogP contribution in [0.1, 0.15) is 125 Å². The summed E-state index contributed by atoms with van der Waals surface area (Å²) in [6.07, 6.45) is -2.51. The lowest BCUT2D eigenvalue weighted by Crippen LogP contribution is -2.53. The highest BCUT2D eigenvalue weighted by Crippen LogP contribution is 2.29. The van der Waals surface area contributed by atoms with Crippen LogP contribution in [0.25, 0.3) is 0 Å². The molecule has 5 amide bonds. The number of nitrogens with zero attached hydrogens (tertiary/aromatic N) is 11. The number of likely N-dealkylation sites (tertiary alicyclic amines) is 2. The summed E-state index contributed by atoms with van der Waals surface area (Å²) in [5.74, 6) is -7.15. The van der Waals surface area contributed by atoms with E-state index in [1.54, 1.807) is 23.3 Å². The third-order valence-electron chi connectivity index (χ3n) is 14.3. The van der Waals surface area contributed by atoms with Crippen molar-refractivity contribution in [2.75, 3.05) is 26.7 Å². The third-order valence-corrected chi connectivity index (χ3v) is 16.3. The van der Waals surface area contributed by atoms with Gasteiger partial charge in [-0.2, -0.15) is 31.4 Å². The molecular formula is C55H72F6N16O10S2. The van der Waals surface area contributed by atoms with Crippen molar-refractivity contribution in [3.8, 4) is 0 Å². The Morgan fingerprint density at radius 3 is 1.58 bits per heavy atom. The van der Waals surface area contributed by atoms with Crippen molar-refractivity contribution in [1.29, 1.82) is 0 Å². The van der Waals surface area contributed by atoms with Gasteiger partial charge in [-0.25, -0.2) is 19.0 Å². The van der Waals surface area contributed by atoms with E-state index in [1.807, 2.05) is 84.3 Å². The molecular weight excluding hydrogens is 1220 g/mol. The minimum Gasteiger partial charge on any atom is -0.475 e. The highest BCUT2D eigenvalue weighted by molar-refractivity contribution is 7.99. The summed E-state index contributed by atoms with van der Waals surface area (Å²) in [5, 5.41) is 58.8. The molecule has 34 heteroatoms. The molecule has 2 saturated heterocycles. The fraction of sp³-hybridized carbons (Fsp3) is 0.545. The van der Waals surface area contributed by atoms with Gasteiger partial charge < -0.3 is 41.3 Å². The summed E-state index contributed by atoms with van der Waals surface area (Å²) >= 11 is 2.91. The first-order chi connectivity index (χ1) is 42.3. The van der Waals surface area contributed by atoms with Gasteiger partial charge in [-0.3, -0.25) is 33.9 Å². The van der Waals surface area contributed by atoms with E-state index in [1.165, 1.54) is 29.6 Å². The highest BCUT2D eigenvalue weighted by atomic mass is 32.2. The number of ketones is 1. The van der Waals surface area contributed by atoms with Gasteiger partial charge in [0.2, 0.25) is 33.9 Å². The molecule has 3 aromatic heterocycles. The van der Waals surface area contributed by atoms with Crippen molar-refractivity contribution in [1.82, 2.24) is 81.7 Å². The van der Waals surface area contributed by atoms with Crippen molar-refractivity contribution in [2.24, 2.45) is 5.92 Å². The molecule has 2 aliphatic rings. The molecule has 0 saturated carbocycles. The number of unbranched alkanes of at least 4 members (excludes halogenated alkanes) is 3. The Morgan fingerprint density at radius 1 is 0.674 bits per heavy atom. The van der Waals surface area contributed by atoms with Crippen LogP contribution in [0.5, 0.6) is 0 Å². The van der Waals surface area contributed by atoms with Crippen molar-refractivity contribution in [3.05, 3.63) is 78.1 Å². The van der Waals surface area contributed by atoms with E-state index in [0.29, 0.717) is 94.4 Å². The quantitative estimate of drug-likeness (QED) is 0.0164. The Hall–Kier alpha value is -8.01. The predicted octanol–water partition coefficient (Wildman–Crippen LogP) is 5.99. The number of halogens is 6. The molecule has 89 heavy (non-hydrogen) atoms. The maximum absolute atomic E-state index is 14.2. The van der Waals surface area contributed by atoms with E-state index >= 15 is 0 Å². The Balaban J connectivity index is 0.000000919. The van der Waals surface area contributed by atoms with Gasteiger partial charge in [-0.1, -0.05) is 63.1 Å². The molecule has 2 fully saturated rings. The van der Waals surface area contributed by atoms with E-state index in [4.69, 9.17) is 19.8 Å². The van der Waals surface area contributed by atoms with Gasteiger partial charge in [0.1, 0.15) is 23.5 Å². The second kappa shape index (κ2) is 35.2. The molecule has 26 nitrogen and oxygen atoms in total. The number of likely N-dealkylation sites (N-methyl/N-ethyl adjacent to an activating group) is 1. The number of tetrazole rings is 2. The monoisotopic (exact) mass is 1290 g/mol. The maximum Gasteiger partial charge on any atom is 0.490 e. The summed E-state index contributed by atoms with van der Waals surface area (Å²) in [7, 11) is 1.69. The zero-order valence-corrected chi connectivity index (χ0v) is 50.8. The summed E-state index contributed by atoms with van der Waals surface area (Å²) in [6, 6.07) is 18.8. The number of carboxylic acids is 2. The lowest BCUT2D eigenvalue weighted by Gasteiger charge is -2.30. The number of Topliss-reactive ketones (excluding diaryl/α,β-unsaturated/α-hetero) is 1. The Morgan fingerprint density at radius 2 is 1.13 bits per heavy atom. The molecule has 0 unspecified atom stereocenters. The zero-order chi connectivity index (χ0) is 65.3. The van der Waals surface area contributed by atoms with Crippen LogP contribution in [-0.2, 0) is 41.9 Å². The van der Waals surface area contributed by atoms with Crippen LogP contribution in [-0.4, -0.2) is 187 Å². The van der Waals surface area contributed by atoms with Gasteiger partial charge >= 0.3 is 24.3 Å². The molecule has 0 spiro atoms. The van der Waals surface area contributed by atoms with Crippen LogP contribution in [0.2, 0.25) is 0 Å². The fourth-order valence-electron chi connectivity index (χ4n) is 9.12. The average molecular weight is 1300 g/mol. The first-order valence-corrected chi connectivity index (χ1v) is 30.3.